The van der Waals surface area contributed by atoms with Crippen LogP contribution in [0.5, 0.6) is 0 Å². The molecule has 0 aliphatic heterocycles. The number of aliphatic carboxylic acids is 1. The number of carbonyl (C=O) groups is 2. The molecule has 0 atom stereocenters. The Kier molecular flexibility index (Phi) is 9.10. The normalized spacial score (nSPS) is 9.44. The van der Waals surface area contributed by atoms with Crippen molar-refractivity contribution in [2.75, 3.05) is 13.2 Å². The lowest BCUT2D eigenvalue weighted by Gasteiger charge is -2.20. The summed E-state index contributed by atoms with van der Waals surface area (Å²) >= 11 is 0. The molecule has 2 N–H and O–H groups in total. The molecule has 0 bridgehead atoms. The average molecular weight is 230 g/mol. The van der Waals surface area contributed by atoms with E-state index in [-0.39, 0.29) is 18.6 Å². The molecule has 0 saturated carbocycles. The summed E-state index contributed by atoms with van der Waals surface area (Å²) in [5, 5.41) is 16.4. The Morgan fingerprint density at radius 1 is 1.31 bits per heavy atom. The maximum absolute atomic E-state index is 10.6. The number of esters is 1. The van der Waals surface area contributed by atoms with Crippen molar-refractivity contribution in [2.24, 2.45) is 5.41 Å². The van der Waals surface area contributed by atoms with Crippen molar-refractivity contribution >= 4 is 11.9 Å². The van der Waals surface area contributed by atoms with Crippen LogP contribution in [0.1, 0.15) is 13.8 Å². The van der Waals surface area contributed by atoms with Gasteiger partial charge in [0.25, 0.3) is 0 Å². The van der Waals surface area contributed by atoms with E-state index in [0.29, 0.717) is 0 Å². The minimum atomic E-state index is -0.981. The lowest BCUT2D eigenvalue weighted by atomic mass is 9.97. The van der Waals surface area contributed by atoms with E-state index in [0.717, 1.165) is 12.2 Å². The van der Waals surface area contributed by atoms with E-state index in [1.54, 1.807) is 0 Å². The largest absolute Gasteiger partial charge is 0.478 e. The van der Waals surface area contributed by atoms with Crippen LogP contribution in [0.4, 0.5) is 0 Å². The van der Waals surface area contributed by atoms with Crippen LogP contribution < -0.4 is 0 Å². The molecule has 0 aliphatic rings. The summed E-state index contributed by atoms with van der Waals surface area (Å²) in [6.07, 6.45) is 1.94. The molecule has 0 aromatic carbocycles. The van der Waals surface area contributed by atoms with E-state index in [2.05, 4.69) is 13.2 Å². The molecule has 0 fully saturated rings. The quantitative estimate of drug-likeness (QED) is 0.543. The van der Waals surface area contributed by atoms with Crippen molar-refractivity contribution in [1.29, 1.82) is 0 Å². The summed E-state index contributed by atoms with van der Waals surface area (Å²) in [5.41, 5.74) is -0.362. The second-order valence-electron chi connectivity index (χ2n) is 3.68. The number of hydrogen-bond acceptors (Lipinski definition) is 4. The molecule has 16 heavy (non-hydrogen) atoms. The molecule has 0 aliphatic carbocycles. The number of hydrogen-bond donors (Lipinski definition) is 2. The van der Waals surface area contributed by atoms with Crippen LogP contribution in [0.15, 0.2) is 25.3 Å². The molecule has 5 heteroatoms. The average Bonchev–Trinajstić information content (AvgIpc) is 2.26. The van der Waals surface area contributed by atoms with E-state index in [4.69, 9.17) is 14.9 Å². The Balaban J connectivity index is 0. The highest BCUT2D eigenvalue weighted by molar-refractivity contribution is 5.81. The molecule has 0 unspecified atom stereocenters. The summed E-state index contributed by atoms with van der Waals surface area (Å²) < 4.78 is 4.73. The number of carbonyl (C=O) groups excluding carboxylic acids is 1. The molecule has 0 amide bonds. The first-order chi connectivity index (χ1) is 7.29. The highest BCUT2D eigenvalue weighted by Crippen LogP contribution is 2.13. The molecule has 0 aromatic heterocycles. The number of carboxylic acid groups (broad SMARTS) is 1. The van der Waals surface area contributed by atoms with Gasteiger partial charge >= 0.3 is 11.9 Å². The summed E-state index contributed by atoms with van der Waals surface area (Å²) in [7, 11) is 0. The van der Waals surface area contributed by atoms with Crippen molar-refractivity contribution in [3.8, 4) is 0 Å². The van der Waals surface area contributed by atoms with E-state index < -0.39 is 11.9 Å². The highest BCUT2D eigenvalue weighted by atomic mass is 16.5. The van der Waals surface area contributed by atoms with Crippen molar-refractivity contribution in [1.82, 2.24) is 0 Å². The summed E-state index contributed by atoms with van der Waals surface area (Å²) in [4.78, 5) is 19.8. The second-order valence-corrected chi connectivity index (χ2v) is 3.68. The smallest absolute Gasteiger partial charge is 0.330 e. The fourth-order valence-electron chi connectivity index (χ4n) is 0.371. The van der Waals surface area contributed by atoms with E-state index in [1.165, 1.54) is 0 Å². The Hall–Kier alpha value is -1.62. The molecule has 0 heterocycles. The van der Waals surface area contributed by atoms with Crippen molar-refractivity contribution in [2.45, 2.75) is 13.8 Å². The van der Waals surface area contributed by atoms with Crippen LogP contribution in [-0.2, 0) is 14.3 Å². The number of carboxylic acids is 1. The fraction of sp³-hybridized carbons (Fsp3) is 0.455. The van der Waals surface area contributed by atoms with Crippen LogP contribution >= 0.6 is 0 Å². The zero-order valence-corrected chi connectivity index (χ0v) is 9.60. The van der Waals surface area contributed by atoms with Crippen molar-refractivity contribution in [3.63, 3.8) is 0 Å². The van der Waals surface area contributed by atoms with E-state index in [1.807, 2.05) is 13.8 Å². The Morgan fingerprint density at radius 3 is 2.00 bits per heavy atom. The van der Waals surface area contributed by atoms with Crippen LogP contribution in [0.2, 0.25) is 0 Å². The van der Waals surface area contributed by atoms with Crippen LogP contribution in [0.25, 0.3) is 0 Å². The zero-order valence-electron chi connectivity index (χ0n) is 9.60. The van der Waals surface area contributed by atoms with Gasteiger partial charge in [-0.05, 0) is 0 Å². The molecular formula is C11H18O5. The van der Waals surface area contributed by atoms with Gasteiger partial charge in [-0.15, -0.1) is 0 Å². The maximum atomic E-state index is 10.6. The maximum Gasteiger partial charge on any atom is 0.330 e. The van der Waals surface area contributed by atoms with Crippen LogP contribution in [-0.4, -0.2) is 35.4 Å². The first-order valence-corrected chi connectivity index (χ1v) is 4.54. The summed E-state index contributed by atoms with van der Waals surface area (Å²) in [6.45, 7) is 10.0. The van der Waals surface area contributed by atoms with Gasteiger partial charge in [0.1, 0.15) is 0 Å². The second kappa shape index (κ2) is 8.67. The number of aliphatic hydroxyl groups excluding tert-OH is 1. The highest BCUT2D eigenvalue weighted by Gasteiger charge is 2.17. The first-order valence-electron chi connectivity index (χ1n) is 4.54. The van der Waals surface area contributed by atoms with Crippen LogP contribution in [0, 0.1) is 5.41 Å². The SMILES string of the molecule is C=CC(=O)O.C=CC(=O)OCC(C)(C)CO. The topological polar surface area (TPSA) is 83.8 Å². The molecule has 92 valence electrons. The lowest BCUT2D eigenvalue weighted by Crippen LogP contribution is -2.24. The van der Waals surface area contributed by atoms with Gasteiger partial charge in [-0.1, -0.05) is 27.0 Å². The minimum absolute atomic E-state index is 0.00256. The van der Waals surface area contributed by atoms with Crippen molar-refractivity contribution in [3.05, 3.63) is 25.3 Å². The van der Waals surface area contributed by atoms with Gasteiger partial charge in [-0.2, -0.15) is 0 Å². The first kappa shape index (κ1) is 16.8. The Morgan fingerprint density at radius 2 is 1.75 bits per heavy atom. The number of ether oxygens (including phenoxy) is 1. The number of aliphatic hydroxyl groups is 1. The standard InChI is InChI=1S/C8H14O3.C3H4O2/c1-4-7(10)11-6-8(2,3)5-9;1-2-3(4)5/h4,9H,1,5-6H2,2-3H3;2H,1H2,(H,4,5). The van der Waals surface area contributed by atoms with Gasteiger partial charge in [0.15, 0.2) is 0 Å². The summed E-state index contributed by atoms with van der Waals surface area (Å²) in [6, 6.07) is 0. The fourth-order valence-corrected chi connectivity index (χ4v) is 0.371. The predicted molar refractivity (Wildman–Crippen MR) is 59.9 cm³/mol. The minimum Gasteiger partial charge on any atom is -0.478 e. The van der Waals surface area contributed by atoms with E-state index >= 15 is 0 Å². The Labute approximate surface area is 95.0 Å². The molecule has 0 radical (unpaired) electrons. The van der Waals surface area contributed by atoms with Crippen LogP contribution in [0.3, 0.4) is 0 Å². The third-order valence-electron chi connectivity index (χ3n) is 1.37. The molecule has 0 spiro atoms. The third-order valence-corrected chi connectivity index (χ3v) is 1.37. The molecule has 0 aromatic rings. The monoisotopic (exact) mass is 230 g/mol. The lowest BCUT2D eigenvalue weighted by molar-refractivity contribution is -0.141. The molecule has 0 saturated heterocycles. The Bertz CT molecular complexity index is 255. The van der Waals surface area contributed by atoms with Crippen molar-refractivity contribution < 1.29 is 24.5 Å². The predicted octanol–water partition coefficient (Wildman–Crippen LogP) is 0.991. The molecule has 0 rings (SSSR count). The molecular weight excluding hydrogens is 212 g/mol. The van der Waals surface area contributed by atoms with Gasteiger partial charge in [-0.3, -0.25) is 0 Å². The number of rotatable bonds is 5. The van der Waals surface area contributed by atoms with E-state index in [9.17, 15) is 9.59 Å². The van der Waals surface area contributed by atoms with Gasteiger partial charge in [0.05, 0.1) is 13.2 Å². The zero-order chi connectivity index (χ0) is 13.2. The van der Waals surface area contributed by atoms with Gasteiger partial charge in [-0.25, -0.2) is 9.59 Å². The van der Waals surface area contributed by atoms with Gasteiger partial charge in [0, 0.05) is 17.6 Å². The molecule has 5 nitrogen and oxygen atoms in total. The third kappa shape index (κ3) is 12.4. The summed E-state index contributed by atoms with van der Waals surface area (Å²) in [5.74, 6) is -1.43. The van der Waals surface area contributed by atoms with Gasteiger partial charge in [0.2, 0.25) is 0 Å². The van der Waals surface area contributed by atoms with Gasteiger partial charge < -0.3 is 14.9 Å².